The van der Waals surface area contributed by atoms with Gasteiger partial charge < -0.3 is 10.2 Å². The molecule has 0 atom stereocenters. The molecule has 0 amide bonds. The van der Waals surface area contributed by atoms with Crippen molar-refractivity contribution in [3.05, 3.63) is 17.5 Å². The summed E-state index contributed by atoms with van der Waals surface area (Å²) in [5.74, 6) is 0.923. The van der Waals surface area contributed by atoms with Gasteiger partial charge in [-0.05, 0) is 32.2 Å². The van der Waals surface area contributed by atoms with Crippen molar-refractivity contribution < 1.29 is 0 Å². The van der Waals surface area contributed by atoms with Gasteiger partial charge in [-0.2, -0.15) is 0 Å². The molecule has 1 aromatic heterocycles. The fourth-order valence-electron chi connectivity index (χ4n) is 2.39. The molecule has 1 N–H and O–H groups in total. The number of piperidine rings is 1. The zero-order valence-corrected chi connectivity index (χ0v) is 11.6. The molecule has 18 heavy (non-hydrogen) atoms. The SMILES string of the molecule is CCNCc1cnc(N2CCCCC2)nc1CC. The molecule has 0 aliphatic carbocycles. The second-order valence-electron chi connectivity index (χ2n) is 4.82. The van der Waals surface area contributed by atoms with Gasteiger partial charge in [0, 0.05) is 31.4 Å². The summed E-state index contributed by atoms with van der Waals surface area (Å²) in [5, 5.41) is 3.34. The Morgan fingerprint density at radius 3 is 2.67 bits per heavy atom. The van der Waals surface area contributed by atoms with E-state index in [-0.39, 0.29) is 0 Å². The van der Waals surface area contributed by atoms with Crippen LogP contribution in [-0.2, 0) is 13.0 Å². The summed E-state index contributed by atoms with van der Waals surface area (Å²) >= 11 is 0. The number of nitrogens with zero attached hydrogens (tertiary/aromatic N) is 3. The van der Waals surface area contributed by atoms with Crippen molar-refractivity contribution >= 4 is 5.95 Å². The molecule has 4 heteroatoms. The third-order valence-corrected chi connectivity index (χ3v) is 3.48. The predicted molar refractivity (Wildman–Crippen MR) is 74.9 cm³/mol. The molecule has 1 aliphatic rings. The molecule has 1 fully saturated rings. The van der Waals surface area contributed by atoms with Crippen LogP contribution < -0.4 is 10.2 Å². The maximum absolute atomic E-state index is 4.74. The number of hydrogen-bond donors (Lipinski definition) is 1. The number of anilines is 1. The second kappa shape index (κ2) is 6.69. The zero-order chi connectivity index (χ0) is 12.8. The Morgan fingerprint density at radius 2 is 2.00 bits per heavy atom. The number of rotatable bonds is 5. The average Bonchev–Trinajstić information content (AvgIpc) is 2.46. The van der Waals surface area contributed by atoms with E-state index in [4.69, 9.17) is 4.98 Å². The van der Waals surface area contributed by atoms with Crippen LogP contribution in [0.15, 0.2) is 6.20 Å². The summed E-state index contributed by atoms with van der Waals surface area (Å²) in [6.07, 6.45) is 6.85. The standard InChI is InChI=1S/C14H24N4/c1-3-13-12(10-15-4-2)11-16-14(17-13)18-8-6-5-7-9-18/h11,15H,3-10H2,1-2H3. The van der Waals surface area contributed by atoms with Crippen LogP contribution in [0.4, 0.5) is 5.95 Å². The van der Waals surface area contributed by atoms with Crippen LogP contribution in [0.5, 0.6) is 0 Å². The highest BCUT2D eigenvalue weighted by atomic mass is 15.2. The van der Waals surface area contributed by atoms with E-state index < -0.39 is 0 Å². The lowest BCUT2D eigenvalue weighted by atomic mass is 10.1. The summed E-state index contributed by atoms with van der Waals surface area (Å²) in [4.78, 5) is 11.6. The van der Waals surface area contributed by atoms with Gasteiger partial charge in [-0.15, -0.1) is 0 Å². The molecule has 0 bridgehead atoms. The lowest BCUT2D eigenvalue weighted by Crippen LogP contribution is -2.31. The number of nitrogens with one attached hydrogen (secondary N) is 1. The fourth-order valence-corrected chi connectivity index (χ4v) is 2.39. The first-order chi connectivity index (χ1) is 8.85. The van der Waals surface area contributed by atoms with E-state index in [1.165, 1.54) is 30.5 Å². The molecular weight excluding hydrogens is 224 g/mol. The Morgan fingerprint density at radius 1 is 1.22 bits per heavy atom. The smallest absolute Gasteiger partial charge is 0.225 e. The lowest BCUT2D eigenvalue weighted by Gasteiger charge is -2.27. The topological polar surface area (TPSA) is 41.1 Å². The van der Waals surface area contributed by atoms with Crippen LogP contribution in [0.3, 0.4) is 0 Å². The van der Waals surface area contributed by atoms with Crippen molar-refractivity contribution in [3.8, 4) is 0 Å². The third-order valence-electron chi connectivity index (χ3n) is 3.48. The lowest BCUT2D eigenvalue weighted by molar-refractivity contribution is 0.566. The van der Waals surface area contributed by atoms with Gasteiger partial charge in [-0.1, -0.05) is 13.8 Å². The highest BCUT2D eigenvalue weighted by molar-refractivity contribution is 5.33. The Balaban J connectivity index is 2.12. The van der Waals surface area contributed by atoms with Crippen LogP contribution in [0, 0.1) is 0 Å². The van der Waals surface area contributed by atoms with Gasteiger partial charge in [0.15, 0.2) is 0 Å². The second-order valence-corrected chi connectivity index (χ2v) is 4.82. The Bertz CT molecular complexity index is 372. The number of aryl methyl sites for hydroxylation is 1. The van der Waals surface area contributed by atoms with Crippen molar-refractivity contribution in [1.29, 1.82) is 0 Å². The molecule has 100 valence electrons. The summed E-state index contributed by atoms with van der Waals surface area (Å²) in [6, 6.07) is 0. The minimum atomic E-state index is 0.875. The fraction of sp³-hybridized carbons (Fsp3) is 0.714. The largest absolute Gasteiger partial charge is 0.341 e. The summed E-state index contributed by atoms with van der Waals surface area (Å²) in [5.41, 5.74) is 2.42. The number of hydrogen-bond acceptors (Lipinski definition) is 4. The minimum absolute atomic E-state index is 0.875. The maximum Gasteiger partial charge on any atom is 0.225 e. The summed E-state index contributed by atoms with van der Waals surface area (Å²) in [6.45, 7) is 8.36. The van der Waals surface area contributed by atoms with Crippen LogP contribution >= 0.6 is 0 Å². The molecule has 0 saturated carbocycles. The van der Waals surface area contributed by atoms with Crippen LogP contribution in [0.25, 0.3) is 0 Å². The van der Waals surface area contributed by atoms with Crippen molar-refractivity contribution in [2.45, 2.75) is 46.1 Å². The van der Waals surface area contributed by atoms with Gasteiger partial charge >= 0.3 is 0 Å². The molecule has 4 nitrogen and oxygen atoms in total. The van der Waals surface area contributed by atoms with Gasteiger partial charge in [0.05, 0.1) is 5.69 Å². The summed E-state index contributed by atoms with van der Waals surface area (Å²) in [7, 11) is 0. The van der Waals surface area contributed by atoms with Gasteiger partial charge in [0.1, 0.15) is 0 Å². The monoisotopic (exact) mass is 248 g/mol. The molecule has 0 unspecified atom stereocenters. The van der Waals surface area contributed by atoms with Gasteiger partial charge in [0.2, 0.25) is 5.95 Å². The van der Waals surface area contributed by atoms with E-state index in [9.17, 15) is 0 Å². The molecule has 1 aliphatic heterocycles. The molecule has 1 saturated heterocycles. The Hall–Kier alpha value is -1.16. The molecule has 2 heterocycles. The van der Waals surface area contributed by atoms with E-state index in [1.54, 1.807) is 0 Å². The quantitative estimate of drug-likeness (QED) is 0.867. The van der Waals surface area contributed by atoms with Crippen molar-refractivity contribution in [3.63, 3.8) is 0 Å². The van der Waals surface area contributed by atoms with E-state index in [0.29, 0.717) is 0 Å². The molecule has 0 aromatic carbocycles. The normalized spacial score (nSPS) is 16.0. The first-order valence-corrected chi connectivity index (χ1v) is 7.15. The maximum atomic E-state index is 4.74. The average molecular weight is 248 g/mol. The molecule has 0 spiro atoms. The molecule has 0 radical (unpaired) electrons. The summed E-state index contributed by atoms with van der Waals surface area (Å²) < 4.78 is 0. The van der Waals surface area contributed by atoms with Crippen molar-refractivity contribution in [2.24, 2.45) is 0 Å². The van der Waals surface area contributed by atoms with E-state index >= 15 is 0 Å². The Kier molecular flexibility index (Phi) is 4.93. The molecular formula is C14H24N4. The van der Waals surface area contributed by atoms with Crippen molar-refractivity contribution in [1.82, 2.24) is 15.3 Å². The molecule has 2 rings (SSSR count). The van der Waals surface area contributed by atoms with Gasteiger partial charge in [-0.3, -0.25) is 0 Å². The minimum Gasteiger partial charge on any atom is -0.341 e. The number of aromatic nitrogens is 2. The van der Waals surface area contributed by atoms with Crippen molar-refractivity contribution in [2.75, 3.05) is 24.5 Å². The highest BCUT2D eigenvalue weighted by Gasteiger charge is 2.14. The van der Waals surface area contributed by atoms with Gasteiger partial charge in [-0.25, -0.2) is 9.97 Å². The van der Waals surface area contributed by atoms with E-state index in [2.05, 4.69) is 29.0 Å². The Labute approximate surface area is 110 Å². The first-order valence-electron chi connectivity index (χ1n) is 7.15. The van der Waals surface area contributed by atoms with E-state index in [1.807, 2.05) is 6.20 Å². The first kappa shape index (κ1) is 13.3. The zero-order valence-electron chi connectivity index (χ0n) is 11.6. The van der Waals surface area contributed by atoms with Crippen LogP contribution in [0.2, 0.25) is 0 Å². The van der Waals surface area contributed by atoms with Gasteiger partial charge in [0.25, 0.3) is 0 Å². The highest BCUT2D eigenvalue weighted by Crippen LogP contribution is 2.17. The predicted octanol–water partition coefficient (Wildman–Crippen LogP) is 2.14. The van der Waals surface area contributed by atoms with E-state index in [0.717, 1.165) is 38.5 Å². The van der Waals surface area contributed by atoms with Crippen LogP contribution in [0.1, 0.15) is 44.4 Å². The molecule has 1 aromatic rings. The van der Waals surface area contributed by atoms with Crippen LogP contribution in [-0.4, -0.2) is 29.6 Å². The third kappa shape index (κ3) is 3.19.